The Hall–Kier alpha value is -1.62. The highest BCUT2D eigenvalue weighted by Gasteiger charge is 2.09. The number of aromatic nitrogens is 2. The van der Waals surface area contributed by atoms with Gasteiger partial charge in [0.2, 0.25) is 0 Å². The number of hydrogen-bond donors (Lipinski definition) is 1. The molecule has 0 atom stereocenters. The summed E-state index contributed by atoms with van der Waals surface area (Å²) in [5, 5.41) is 2.73. The third kappa shape index (κ3) is 3.18. The lowest BCUT2D eigenvalue weighted by molar-refractivity contribution is 0.943. The van der Waals surface area contributed by atoms with Crippen LogP contribution >= 0.6 is 23.4 Å². The third-order valence-corrected chi connectivity index (χ3v) is 4.52. The first-order chi connectivity index (χ1) is 10.3. The van der Waals surface area contributed by atoms with Gasteiger partial charge >= 0.3 is 0 Å². The first-order valence-corrected chi connectivity index (χ1v) is 7.83. The molecule has 0 aliphatic carbocycles. The first kappa shape index (κ1) is 14.3. The van der Waals surface area contributed by atoms with Gasteiger partial charge in [-0.25, -0.2) is 9.97 Å². The van der Waals surface area contributed by atoms with Crippen LogP contribution in [0.4, 0.5) is 0 Å². The normalized spacial score (nSPS) is 11.0. The molecule has 0 fully saturated rings. The maximum atomic E-state index is 6.07. The molecular formula is C16H14ClN3S. The molecule has 5 heteroatoms. The van der Waals surface area contributed by atoms with E-state index in [0.29, 0.717) is 6.54 Å². The molecule has 0 spiro atoms. The SMILES string of the molecule is NCCc1cc(Cl)ccc1Sc1ncnc2ccccc12. The summed E-state index contributed by atoms with van der Waals surface area (Å²) in [5.41, 5.74) is 7.78. The molecule has 1 heterocycles. The van der Waals surface area contributed by atoms with Crippen LogP contribution < -0.4 is 5.73 Å². The van der Waals surface area contributed by atoms with E-state index in [0.717, 1.165) is 37.8 Å². The average molecular weight is 316 g/mol. The van der Waals surface area contributed by atoms with Gasteiger partial charge in [-0.2, -0.15) is 0 Å². The molecular weight excluding hydrogens is 302 g/mol. The number of hydrogen-bond acceptors (Lipinski definition) is 4. The van der Waals surface area contributed by atoms with Gasteiger partial charge in [-0.1, -0.05) is 41.6 Å². The maximum absolute atomic E-state index is 6.07. The van der Waals surface area contributed by atoms with Gasteiger partial charge in [0.25, 0.3) is 0 Å². The summed E-state index contributed by atoms with van der Waals surface area (Å²) in [4.78, 5) is 9.84. The van der Waals surface area contributed by atoms with E-state index in [-0.39, 0.29) is 0 Å². The molecule has 106 valence electrons. The van der Waals surface area contributed by atoms with Crippen LogP contribution in [0.3, 0.4) is 0 Å². The molecule has 21 heavy (non-hydrogen) atoms. The molecule has 3 aromatic rings. The van der Waals surface area contributed by atoms with Crippen molar-refractivity contribution in [2.24, 2.45) is 5.73 Å². The number of nitrogens with two attached hydrogens (primary N) is 1. The zero-order chi connectivity index (χ0) is 14.7. The van der Waals surface area contributed by atoms with Crippen LogP contribution in [0.5, 0.6) is 0 Å². The van der Waals surface area contributed by atoms with Gasteiger partial charge in [-0.15, -0.1) is 0 Å². The van der Waals surface area contributed by atoms with E-state index in [9.17, 15) is 0 Å². The van der Waals surface area contributed by atoms with Crippen LogP contribution in [0.25, 0.3) is 10.9 Å². The zero-order valence-electron chi connectivity index (χ0n) is 11.3. The zero-order valence-corrected chi connectivity index (χ0v) is 12.9. The Morgan fingerprint density at radius 1 is 1.10 bits per heavy atom. The van der Waals surface area contributed by atoms with Gasteiger partial charge < -0.3 is 5.73 Å². The van der Waals surface area contributed by atoms with Crippen molar-refractivity contribution in [3.63, 3.8) is 0 Å². The topological polar surface area (TPSA) is 51.8 Å². The van der Waals surface area contributed by atoms with E-state index in [1.807, 2.05) is 42.5 Å². The van der Waals surface area contributed by atoms with Gasteiger partial charge in [0, 0.05) is 15.3 Å². The molecule has 0 unspecified atom stereocenters. The van der Waals surface area contributed by atoms with E-state index in [1.165, 1.54) is 0 Å². The van der Waals surface area contributed by atoms with E-state index < -0.39 is 0 Å². The fourth-order valence-electron chi connectivity index (χ4n) is 2.16. The van der Waals surface area contributed by atoms with Crippen molar-refractivity contribution in [2.75, 3.05) is 6.54 Å². The summed E-state index contributed by atoms with van der Waals surface area (Å²) in [5.74, 6) is 0. The Kier molecular flexibility index (Phi) is 4.39. The molecule has 2 aromatic carbocycles. The summed E-state index contributed by atoms with van der Waals surface area (Å²) in [6.45, 7) is 0.596. The predicted molar refractivity (Wildman–Crippen MR) is 87.9 cm³/mol. The van der Waals surface area contributed by atoms with Gasteiger partial charge in [-0.3, -0.25) is 0 Å². The molecule has 0 aliphatic heterocycles. The molecule has 1 aromatic heterocycles. The second-order valence-corrected chi connectivity index (χ2v) is 6.06. The number of halogens is 1. The monoisotopic (exact) mass is 315 g/mol. The van der Waals surface area contributed by atoms with Crippen molar-refractivity contribution in [2.45, 2.75) is 16.3 Å². The molecule has 0 saturated heterocycles. The minimum Gasteiger partial charge on any atom is -0.330 e. The van der Waals surface area contributed by atoms with Crippen LogP contribution in [0.2, 0.25) is 5.02 Å². The second kappa shape index (κ2) is 6.43. The lowest BCUT2D eigenvalue weighted by atomic mass is 10.1. The average Bonchev–Trinajstić information content (AvgIpc) is 2.50. The number of para-hydroxylation sites is 1. The van der Waals surface area contributed by atoms with Crippen molar-refractivity contribution >= 4 is 34.3 Å². The second-order valence-electron chi connectivity index (χ2n) is 4.59. The van der Waals surface area contributed by atoms with Crippen molar-refractivity contribution in [1.82, 2.24) is 9.97 Å². The Morgan fingerprint density at radius 2 is 1.95 bits per heavy atom. The van der Waals surface area contributed by atoms with Gasteiger partial charge in [0.15, 0.2) is 0 Å². The van der Waals surface area contributed by atoms with E-state index in [4.69, 9.17) is 17.3 Å². The van der Waals surface area contributed by atoms with Gasteiger partial charge in [0.1, 0.15) is 11.4 Å². The molecule has 0 bridgehead atoms. The van der Waals surface area contributed by atoms with Crippen molar-refractivity contribution in [1.29, 1.82) is 0 Å². The lowest BCUT2D eigenvalue weighted by Crippen LogP contribution is -2.03. The summed E-state index contributed by atoms with van der Waals surface area (Å²) in [7, 11) is 0. The summed E-state index contributed by atoms with van der Waals surface area (Å²) >= 11 is 7.70. The summed E-state index contributed by atoms with van der Waals surface area (Å²) < 4.78 is 0. The van der Waals surface area contributed by atoms with Gasteiger partial charge in [0.05, 0.1) is 5.52 Å². The molecule has 0 radical (unpaired) electrons. The number of nitrogens with zero attached hydrogens (tertiary/aromatic N) is 2. The minimum atomic E-state index is 0.596. The van der Waals surface area contributed by atoms with Crippen molar-refractivity contribution in [3.8, 4) is 0 Å². The standard InChI is InChI=1S/C16H14ClN3S/c17-12-5-6-15(11(9-12)7-8-18)21-16-13-3-1-2-4-14(13)19-10-20-16/h1-6,9-10H,7-8,18H2. The Balaban J connectivity index is 2.02. The lowest BCUT2D eigenvalue weighted by Gasteiger charge is -2.10. The van der Waals surface area contributed by atoms with Crippen LogP contribution in [0.15, 0.2) is 58.7 Å². The first-order valence-electron chi connectivity index (χ1n) is 6.64. The number of fused-ring (bicyclic) bond motifs is 1. The summed E-state index contributed by atoms with van der Waals surface area (Å²) in [6, 6.07) is 13.9. The fraction of sp³-hybridized carbons (Fsp3) is 0.125. The van der Waals surface area contributed by atoms with Gasteiger partial charge in [-0.05, 0) is 42.8 Å². The molecule has 3 nitrogen and oxygen atoms in total. The van der Waals surface area contributed by atoms with E-state index in [2.05, 4.69) is 9.97 Å². The maximum Gasteiger partial charge on any atom is 0.117 e. The quantitative estimate of drug-likeness (QED) is 0.741. The molecule has 3 rings (SSSR count). The Bertz CT molecular complexity index is 771. The third-order valence-electron chi connectivity index (χ3n) is 3.15. The van der Waals surface area contributed by atoms with Crippen LogP contribution in [0.1, 0.15) is 5.56 Å². The highest BCUT2D eigenvalue weighted by atomic mass is 35.5. The fourth-order valence-corrected chi connectivity index (χ4v) is 3.38. The smallest absolute Gasteiger partial charge is 0.117 e. The van der Waals surface area contributed by atoms with Crippen LogP contribution in [0, 0.1) is 0 Å². The van der Waals surface area contributed by atoms with Crippen molar-refractivity contribution < 1.29 is 0 Å². The Morgan fingerprint density at radius 3 is 2.81 bits per heavy atom. The highest BCUT2D eigenvalue weighted by molar-refractivity contribution is 7.99. The predicted octanol–water partition coefficient (Wildman–Crippen LogP) is 3.94. The van der Waals surface area contributed by atoms with E-state index >= 15 is 0 Å². The van der Waals surface area contributed by atoms with E-state index in [1.54, 1.807) is 18.1 Å². The number of benzene rings is 2. The van der Waals surface area contributed by atoms with Crippen LogP contribution in [-0.2, 0) is 6.42 Å². The molecule has 0 amide bonds. The van der Waals surface area contributed by atoms with Crippen LogP contribution in [-0.4, -0.2) is 16.5 Å². The summed E-state index contributed by atoms with van der Waals surface area (Å²) in [6.07, 6.45) is 2.40. The highest BCUT2D eigenvalue weighted by Crippen LogP contribution is 2.34. The largest absolute Gasteiger partial charge is 0.330 e. The molecule has 0 aliphatic rings. The number of rotatable bonds is 4. The van der Waals surface area contributed by atoms with Crippen molar-refractivity contribution in [3.05, 3.63) is 59.4 Å². The minimum absolute atomic E-state index is 0.596. The molecule has 2 N–H and O–H groups in total. The molecule has 0 saturated carbocycles. The Labute approximate surface area is 132 Å².